The lowest BCUT2D eigenvalue weighted by atomic mass is 10.2. The maximum Gasteiger partial charge on any atom is 0.410 e. The van der Waals surface area contributed by atoms with Crippen LogP contribution in [0.3, 0.4) is 0 Å². The molecule has 1 aromatic rings. The molecule has 0 radical (unpaired) electrons. The molecule has 1 amide bonds. The summed E-state index contributed by atoms with van der Waals surface area (Å²) in [4.78, 5) is 27.2. The molecule has 0 saturated heterocycles. The Morgan fingerprint density at radius 3 is 2.61 bits per heavy atom. The molecule has 1 aromatic carbocycles. The highest BCUT2D eigenvalue weighted by atomic mass is 16.6. The van der Waals surface area contributed by atoms with E-state index < -0.39 is 18.1 Å². The number of likely N-dealkylation sites (N-methyl/N-ethyl adjacent to an activating group) is 1. The van der Waals surface area contributed by atoms with Crippen LogP contribution in [-0.2, 0) is 20.9 Å². The third-order valence-corrected chi connectivity index (χ3v) is 2.95. The first-order valence-electron chi connectivity index (χ1n) is 6.56. The van der Waals surface area contributed by atoms with Gasteiger partial charge >= 0.3 is 12.1 Å². The van der Waals surface area contributed by atoms with E-state index in [1.165, 1.54) is 14.0 Å². The third kappa shape index (κ3) is 5.57. The molecule has 23 heavy (non-hydrogen) atoms. The Morgan fingerprint density at radius 1 is 1.39 bits per heavy atom. The van der Waals surface area contributed by atoms with E-state index in [4.69, 9.17) is 15.5 Å². The number of carbonyl (C=O) groups excluding carboxylic acids is 2. The number of ether oxygens (including phenoxy) is 2. The Bertz CT molecular complexity index is 646. The van der Waals surface area contributed by atoms with Gasteiger partial charge in [0.05, 0.1) is 0 Å². The van der Waals surface area contributed by atoms with Gasteiger partial charge in [0.1, 0.15) is 18.7 Å². The molecule has 9 nitrogen and oxygen atoms in total. The molecule has 0 aliphatic heterocycles. The van der Waals surface area contributed by atoms with Gasteiger partial charge in [0, 0.05) is 17.6 Å². The standard InChI is InChI=1S/C14H15N5O4/c1-10(13(20)22-8-7-15)19(2)14(21)23-9-11-3-5-12(6-4-11)17-18-16/h3-6,10H,8-9H2,1-2H3/t10-/m1/s1. The summed E-state index contributed by atoms with van der Waals surface area (Å²) in [5.74, 6) is -0.690. The Kier molecular flexibility index (Phi) is 6.91. The van der Waals surface area contributed by atoms with Crippen molar-refractivity contribution in [2.75, 3.05) is 13.7 Å². The van der Waals surface area contributed by atoms with Crippen molar-refractivity contribution in [2.24, 2.45) is 5.11 Å². The van der Waals surface area contributed by atoms with Crippen molar-refractivity contribution in [2.45, 2.75) is 19.6 Å². The van der Waals surface area contributed by atoms with E-state index in [0.717, 1.165) is 4.90 Å². The number of nitriles is 1. The average Bonchev–Trinajstić information content (AvgIpc) is 2.57. The molecule has 0 bridgehead atoms. The van der Waals surface area contributed by atoms with Crippen LogP contribution in [0.15, 0.2) is 29.4 Å². The van der Waals surface area contributed by atoms with Crippen LogP contribution in [0.4, 0.5) is 10.5 Å². The first-order chi connectivity index (χ1) is 11.0. The fourth-order valence-corrected chi connectivity index (χ4v) is 1.50. The van der Waals surface area contributed by atoms with Crippen molar-refractivity contribution in [3.8, 4) is 6.07 Å². The molecular formula is C14H15N5O4. The zero-order chi connectivity index (χ0) is 17.2. The molecular weight excluding hydrogens is 302 g/mol. The van der Waals surface area contributed by atoms with E-state index in [1.807, 2.05) is 0 Å². The minimum absolute atomic E-state index is 0.000313. The molecule has 1 rings (SSSR count). The van der Waals surface area contributed by atoms with Crippen LogP contribution in [-0.4, -0.2) is 36.7 Å². The van der Waals surface area contributed by atoms with Gasteiger partial charge in [-0.3, -0.25) is 4.90 Å². The number of hydrogen-bond donors (Lipinski definition) is 0. The van der Waals surface area contributed by atoms with Gasteiger partial charge in [-0.2, -0.15) is 5.26 Å². The van der Waals surface area contributed by atoms with Crippen molar-refractivity contribution in [1.82, 2.24) is 4.90 Å². The summed E-state index contributed by atoms with van der Waals surface area (Å²) in [7, 11) is 1.39. The summed E-state index contributed by atoms with van der Waals surface area (Å²) in [6.45, 7) is 1.10. The zero-order valence-electron chi connectivity index (χ0n) is 12.7. The normalized spacial score (nSPS) is 10.7. The highest BCUT2D eigenvalue weighted by molar-refractivity contribution is 5.80. The lowest BCUT2D eigenvalue weighted by Gasteiger charge is -2.22. The summed E-state index contributed by atoms with van der Waals surface area (Å²) in [5, 5.41) is 11.8. The first-order valence-corrected chi connectivity index (χ1v) is 6.56. The Labute approximate surface area is 132 Å². The van der Waals surface area contributed by atoms with Crippen LogP contribution in [0.1, 0.15) is 12.5 Å². The van der Waals surface area contributed by atoms with Gasteiger partial charge in [0.2, 0.25) is 0 Å². The number of rotatable bonds is 6. The predicted octanol–water partition coefficient (Wildman–Crippen LogP) is 2.65. The monoisotopic (exact) mass is 317 g/mol. The second-order valence-corrected chi connectivity index (χ2v) is 4.46. The summed E-state index contributed by atoms with van der Waals surface area (Å²) in [6.07, 6.45) is -0.703. The van der Waals surface area contributed by atoms with Gasteiger partial charge in [0.15, 0.2) is 6.61 Å². The fourth-order valence-electron chi connectivity index (χ4n) is 1.50. The minimum Gasteiger partial charge on any atom is -0.449 e. The molecule has 0 heterocycles. The highest BCUT2D eigenvalue weighted by Crippen LogP contribution is 2.14. The highest BCUT2D eigenvalue weighted by Gasteiger charge is 2.24. The van der Waals surface area contributed by atoms with Crippen molar-refractivity contribution in [3.05, 3.63) is 40.3 Å². The predicted molar refractivity (Wildman–Crippen MR) is 79.2 cm³/mol. The van der Waals surface area contributed by atoms with Crippen LogP contribution >= 0.6 is 0 Å². The van der Waals surface area contributed by atoms with Crippen molar-refractivity contribution >= 4 is 17.7 Å². The van der Waals surface area contributed by atoms with E-state index >= 15 is 0 Å². The topological polar surface area (TPSA) is 128 Å². The van der Waals surface area contributed by atoms with Crippen LogP contribution in [0.25, 0.3) is 10.4 Å². The Hall–Kier alpha value is -3.24. The molecule has 0 N–H and O–H groups in total. The van der Waals surface area contributed by atoms with Crippen LogP contribution in [0.5, 0.6) is 0 Å². The van der Waals surface area contributed by atoms with E-state index in [2.05, 4.69) is 14.8 Å². The lowest BCUT2D eigenvalue weighted by molar-refractivity contribution is -0.146. The van der Waals surface area contributed by atoms with Gasteiger partial charge in [0.25, 0.3) is 0 Å². The van der Waals surface area contributed by atoms with Crippen molar-refractivity contribution < 1.29 is 19.1 Å². The number of carbonyl (C=O) groups is 2. The molecule has 1 atom stereocenters. The molecule has 0 fully saturated rings. The SMILES string of the molecule is C[C@H](C(=O)OCC#N)N(C)C(=O)OCc1ccc(N=[N+]=[N-])cc1. The van der Waals surface area contributed by atoms with Crippen LogP contribution in [0, 0.1) is 11.3 Å². The second-order valence-electron chi connectivity index (χ2n) is 4.46. The van der Waals surface area contributed by atoms with Crippen LogP contribution < -0.4 is 0 Å². The number of esters is 1. The van der Waals surface area contributed by atoms with E-state index in [1.54, 1.807) is 30.3 Å². The lowest BCUT2D eigenvalue weighted by Crippen LogP contribution is -2.41. The quantitative estimate of drug-likeness (QED) is 0.344. The Morgan fingerprint density at radius 2 is 2.04 bits per heavy atom. The molecule has 0 aliphatic carbocycles. The number of nitrogens with zero attached hydrogens (tertiary/aromatic N) is 5. The first kappa shape index (κ1) is 17.8. The minimum atomic E-state index is -0.872. The summed E-state index contributed by atoms with van der Waals surface area (Å²) >= 11 is 0. The number of amides is 1. The summed E-state index contributed by atoms with van der Waals surface area (Å²) in [5.41, 5.74) is 9.45. The third-order valence-electron chi connectivity index (χ3n) is 2.95. The maximum atomic E-state index is 11.9. The van der Waals surface area contributed by atoms with Crippen molar-refractivity contribution in [1.29, 1.82) is 5.26 Å². The summed E-state index contributed by atoms with van der Waals surface area (Å²) in [6, 6.07) is 7.29. The van der Waals surface area contributed by atoms with E-state index in [0.29, 0.717) is 11.3 Å². The molecule has 0 aromatic heterocycles. The smallest absolute Gasteiger partial charge is 0.410 e. The number of hydrogen-bond acceptors (Lipinski definition) is 6. The summed E-state index contributed by atoms with van der Waals surface area (Å²) < 4.78 is 9.71. The number of azide groups is 1. The molecule has 0 saturated carbocycles. The molecule has 120 valence electrons. The zero-order valence-corrected chi connectivity index (χ0v) is 12.7. The van der Waals surface area contributed by atoms with Gasteiger partial charge < -0.3 is 9.47 Å². The van der Waals surface area contributed by atoms with Crippen molar-refractivity contribution in [3.63, 3.8) is 0 Å². The van der Waals surface area contributed by atoms with E-state index in [9.17, 15) is 9.59 Å². The maximum absolute atomic E-state index is 11.9. The fraction of sp³-hybridized carbons (Fsp3) is 0.357. The molecule has 0 aliphatic rings. The van der Waals surface area contributed by atoms with Gasteiger partial charge in [-0.15, -0.1) is 0 Å². The van der Waals surface area contributed by atoms with Crippen LogP contribution in [0.2, 0.25) is 0 Å². The van der Waals surface area contributed by atoms with E-state index in [-0.39, 0.29) is 13.2 Å². The molecule has 9 heteroatoms. The molecule has 0 spiro atoms. The number of benzene rings is 1. The van der Waals surface area contributed by atoms with Gasteiger partial charge in [-0.1, -0.05) is 29.4 Å². The van der Waals surface area contributed by atoms with Gasteiger partial charge in [-0.25, -0.2) is 9.59 Å². The largest absolute Gasteiger partial charge is 0.449 e. The van der Waals surface area contributed by atoms with Gasteiger partial charge in [-0.05, 0) is 18.0 Å². The molecule has 0 unspecified atom stereocenters. The average molecular weight is 317 g/mol. The Balaban J connectivity index is 2.53. The second kappa shape index (κ2) is 8.92.